The van der Waals surface area contributed by atoms with Crippen LogP contribution in [0.3, 0.4) is 0 Å². The molecule has 1 aliphatic rings. The second kappa shape index (κ2) is 8.97. The smallest absolute Gasteiger partial charge is 0.406 e. The van der Waals surface area contributed by atoms with E-state index in [0.29, 0.717) is 54.2 Å². The molecular weight excluding hydrogens is 427 g/mol. The van der Waals surface area contributed by atoms with Crippen molar-refractivity contribution in [2.75, 3.05) is 38.6 Å². The van der Waals surface area contributed by atoms with Crippen molar-refractivity contribution in [3.63, 3.8) is 0 Å². The normalized spacial score (nSPS) is 15.1. The summed E-state index contributed by atoms with van der Waals surface area (Å²) >= 11 is 0. The van der Waals surface area contributed by atoms with E-state index in [-0.39, 0.29) is 11.7 Å². The van der Waals surface area contributed by atoms with Crippen molar-refractivity contribution in [3.8, 4) is 5.75 Å². The highest BCUT2D eigenvalue weighted by atomic mass is 19.4. The molecule has 0 radical (unpaired) electrons. The number of hydroxylamine groups is 2. The molecule has 1 aromatic heterocycles. The van der Waals surface area contributed by atoms with Crippen molar-refractivity contribution < 1.29 is 27.5 Å². The van der Waals surface area contributed by atoms with Gasteiger partial charge in [0.1, 0.15) is 17.9 Å². The first-order valence-electron chi connectivity index (χ1n) is 9.78. The summed E-state index contributed by atoms with van der Waals surface area (Å²) in [6.07, 6.45) is -3.39. The van der Waals surface area contributed by atoms with Crippen LogP contribution in [0.1, 0.15) is 10.4 Å². The van der Waals surface area contributed by atoms with Crippen LogP contribution in [0.4, 0.5) is 24.7 Å². The van der Waals surface area contributed by atoms with Gasteiger partial charge in [0.2, 0.25) is 0 Å². The van der Waals surface area contributed by atoms with E-state index in [1.807, 2.05) is 0 Å². The molecule has 1 saturated heterocycles. The lowest BCUT2D eigenvalue weighted by Gasteiger charge is -2.33. The van der Waals surface area contributed by atoms with Crippen LogP contribution in [0.2, 0.25) is 0 Å². The largest absolute Gasteiger partial charge is 0.573 e. The number of alkyl halides is 3. The van der Waals surface area contributed by atoms with Crippen LogP contribution < -0.4 is 10.1 Å². The summed E-state index contributed by atoms with van der Waals surface area (Å²) in [5.74, 6) is 0.0632. The van der Waals surface area contributed by atoms with Crippen LogP contribution in [0.5, 0.6) is 5.75 Å². The van der Waals surface area contributed by atoms with Gasteiger partial charge in [-0.15, -0.1) is 13.2 Å². The van der Waals surface area contributed by atoms with E-state index in [2.05, 4.69) is 20.0 Å². The molecule has 0 atom stereocenters. The van der Waals surface area contributed by atoms with Crippen LogP contribution in [0.25, 0.3) is 10.9 Å². The summed E-state index contributed by atoms with van der Waals surface area (Å²) in [4.78, 5) is 28.3. The first-order valence-corrected chi connectivity index (χ1v) is 9.78. The van der Waals surface area contributed by atoms with Gasteiger partial charge in [-0.3, -0.25) is 4.79 Å². The summed E-state index contributed by atoms with van der Waals surface area (Å²) in [6, 6.07) is 10.5. The third-order valence-electron chi connectivity index (χ3n) is 5.02. The number of carbonyl (C=O) groups excluding carboxylic acids is 1. The molecule has 0 unspecified atom stereocenters. The van der Waals surface area contributed by atoms with Crippen molar-refractivity contribution in [2.24, 2.45) is 0 Å². The van der Waals surface area contributed by atoms with Crippen LogP contribution in [0, 0.1) is 0 Å². The average Bonchev–Trinajstić information content (AvgIpc) is 2.79. The zero-order chi connectivity index (χ0) is 22.7. The Morgan fingerprint density at radius 1 is 1.03 bits per heavy atom. The number of halogens is 3. The maximum absolute atomic E-state index is 12.9. The average molecular weight is 447 g/mol. The monoisotopic (exact) mass is 447 g/mol. The molecule has 0 bridgehead atoms. The quantitative estimate of drug-likeness (QED) is 0.640. The third-order valence-corrected chi connectivity index (χ3v) is 5.02. The summed E-state index contributed by atoms with van der Waals surface area (Å²) in [5.41, 5.74) is 1.61. The number of hydrogen-bond donors (Lipinski definition) is 1. The number of anilines is 2. The SMILES string of the molecule is CON1CCN(C(=O)c2ccc3c(Nc4ccc(OC(F)(F)F)cc4)ncnc3c2)CC1. The molecule has 0 spiro atoms. The van der Waals surface area contributed by atoms with Crippen LogP contribution >= 0.6 is 0 Å². The second-order valence-electron chi connectivity index (χ2n) is 7.06. The fourth-order valence-electron chi connectivity index (χ4n) is 3.42. The molecule has 4 rings (SSSR count). The Labute approximate surface area is 181 Å². The highest BCUT2D eigenvalue weighted by molar-refractivity contribution is 6.00. The Hall–Kier alpha value is -3.44. The Balaban J connectivity index is 1.50. The number of nitrogens with one attached hydrogen (secondary N) is 1. The summed E-state index contributed by atoms with van der Waals surface area (Å²) in [6.45, 7) is 2.41. The molecule has 2 aromatic carbocycles. The van der Waals surface area contributed by atoms with E-state index in [9.17, 15) is 18.0 Å². The van der Waals surface area contributed by atoms with E-state index in [0.717, 1.165) is 0 Å². The molecule has 1 amide bonds. The number of nitrogens with zero attached hydrogens (tertiary/aromatic N) is 4. The maximum atomic E-state index is 12.9. The number of ether oxygens (including phenoxy) is 1. The fraction of sp³-hybridized carbons (Fsp3) is 0.286. The van der Waals surface area contributed by atoms with Crippen molar-refractivity contribution in [3.05, 3.63) is 54.4 Å². The Morgan fingerprint density at radius 3 is 2.41 bits per heavy atom. The van der Waals surface area contributed by atoms with Crippen LogP contribution in [-0.2, 0) is 4.84 Å². The van der Waals surface area contributed by atoms with Crippen molar-refractivity contribution >= 4 is 28.3 Å². The standard InChI is InChI=1S/C21H20F3N5O3/c1-31-29-10-8-28(9-11-29)20(30)14-2-7-17-18(12-14)25-13-26-19(17)27-15-3-5-16(6-4-15)32-21(22,23)24/h2-7,12-13H,8-11H2,1H3,(H,25,26,27). The van der Waals surface area contributed by atoms with Crippen molar-refractivity contribution in [1.29, 1.82) is 0 Å². The Kier molecular flexibility index (Phi) is 6.10. The van der Waals surface area contributed by atoms with Gasteiger partial charge < -0.3 is 19.8 Å². The predicted octanol–water partition coefficient (Wildman–Crippen LogP) is 3.59. The topological polar surface area (TPSA) is 79.8 Å². The lowest BCUT2D eigenvalue weighted by molar-refractivity contribution is -0.274. The van der Waals surface area contributed by atoms with Gasteiger partial charge in [-0.1, -0.05) is 0 Å². The Morgan fingerprint density at radius 2 is 1.75 bits per heavy atom. The number of carbonyl (C=O) groups is 1. The fourth-order valence-corrected chi connectivity index (χ4v) is 3.42. The minimum Gasteiger partial charge on any atom is -0.406 e. The molecular formula is C21H20F3N5O3. The van der Waals surface area contributed by atoms with Crippen LogP contribution in [-0.4, -0.2) is 65.5 Å². The van der Waals surface area contributed by atoms with Crippen molar-refractivity contribution in [1.82, 2.24) is 19.9 Å². The van der Waals surface area contributed by atoms with E-state index in [1.54, 1.807) is 35.3 Å². The molecule has 1 fully saturated rings. The summed E-state index contributed by atoms with van der Waals surface area (Å²) < 4.78 is 40.8. The lowest BCUT2D eigenvalue weighted by atomic mass is 10.1. The molecule has 3 aromatic rings. The number of amides is 1. The molecule has 8 nitrogen and oxygen atoms in total. The Bertz CT molecular complexity index is 1100. The molecule has 0 saturated carbocycles. The highest BCUT2D eigenvalue weighted by Gasteiger charge is 2.31. The van der Waals surface area contributed by atoms with Gasteiger partial charge >= 0.3 is 6.36 Å². The predicted molar refractivity (Wildman–Crippen MR) is 110 cm³/mol. The van der Waals surface area contributed by atoms with E-state index in [1.165, 1.54) is 30.6 Å². The first-order chi connectivity index (χ1) is 15.3. The van der Waals surface area contributed by atoms with Gasteiger partial charge in [0, 0.05) is 42.8 Å². The minimum absolute atomic E-state index is 0.0870. The third kappa shape index (κ3) is 5.06. The van der Waals surface area contributed by atoms with Crippen LogP contribution in [0.15, 0.2) is 48.8 Å². The first kappa shape index (κ1) is 21.8. The molecule has 1 N–H and O–H groups in total. The molecule has 2 heterocycles. The number of hydrogen-bond acceptors (Lipinski definition) is 7. The number of benzene rings is 2. The number of piperazine rings is 1. The summed E-state index contributed by atoms with van der Waals surface area (Å²) in [7, 11) is 1.61. The number of aromatic nitrogens is 2. The second-order valence-corrected chi connectivity index (χ2v) is 7.06. The summed E-state index contributed by atoms with van der Waals surface area (Å²) in [5, 5.41) is 5.53. The van der Waals surface area contributed by atoms with Gasteiger partial charge in [-0.2, -0.15) is 5.06 Å². The van der Waals surface area contributed by atoms with E-state index in [4.69, 9.17) is 4.84 Å². The number of fused-ring (bicyclic) bond motifs is 1. The lowest BCUT2D eigenvalue weighted by Crippen LogP contribution is -2.48. The molecule has 11 heteroatoms. The highest BCUT2D eigenvalue weighted by Crippen LogP contribution is 2.27. The van der Waals surface area contributed by atoms with E-state index < -0.39 is 6.36 Å². The zero-order valence-corrected chi connectivity index (χ0v) is 17.1. The molecule has 32 heavy (non-hydrogen) atoms. The van der Waals surface area contributed by atoms with Gasteiger partial charge in [0.05, 0.1) is 12.6 Å². The zero-order valence-electron chi connectivity index (χ0n) is 17.1. The van der Waals surface area contributed by atoms with E-state index >= 15 is 0 Å². The van der Waals surface area contributed by atoms with Gasteiger partial charge in [-0.05, 0) is 42.5 Å². The molecule has 1 aliphatic heterocycles. The maximum Gasteiger partial charge on any atom is 0.573 e. The van der Waals surface area contributed by atoms with Gasteiger partial charge in [0.15, 0.2) is 0 Å². The van der Waals surface area contributed by atoms with Gasteiger partial charge in [-0.25, -0.2) is 9.97 Å². The molecule has 168 valence electrons. The van der Waals surface area contributed by atoms with Crippen molar-refractivity contribution in [2.45, 2.75) is 6.36 Å². The minimum atomic E-state index is -4.75. The van der Waals surface area contributed by atoms with Gasteiger partial charge in [0.25, 0.3) is 5.91 Å². The number of rotatable bonds is 5. The molecule has 0 aliphatic carbocycles.